The number of aromatic nitrogens is 2. The fourth-order valence-corrected chi connectivity index (χ4v) is 2.03. The summed E-state index contributed by atoms with van der Waals surface area (Å²) in [5.41, 5.74) is 0.0491. The van der Waals surface area contributed by atoms with Crippen LogP contribution in [0.2, 0.25) is 0 Å². The molecule has 1 fully saturated rings. The van der Waals surface area contributed by atoms with Gasteiger partial charge < -0.3 is 10.4 Å². The van der Waals surface area contributed by atoms with Crippen LogP contribution in [0.15, 0.2) is 6.07 Å². The van der Waals surface area contributed by atoms with Gasteiger partial charge >= 0.3 is 5.97 Å². The molecule has 5 heteroatoms. The van der Waals surface area contributed by atoms with Crippen molar-refractivity contribution in [2.24, 2.45) is 0 Å². The van der Waals surface area contributed by atoms with E-state index in [4.69, 9.17) is 5.11 Å². The number of carboxylic acid groups (broad SMARTS) is 1. The van der Waals surface area contributed by atoms with E-state index in [-0.39, 0.29) is 5.69 Å². The van der Waals surface area contributed by atoms with Crippen molar-refractivity contribution in [2.45, 2.75) is 38.6 Å². The number of hydrogen-bond donors (Lipinski definition) is 2. The van der Waals surface area contributed by atoms with Crippen molar-refractivity contribution >= 4 is 11.8 Å². The van der Waals surface area contributed by atoms with Crippen molar-refractivity contribution in [3.63, 3.8) is 0 Å². The molecule has 1 aromatic rings. The van der Waals surface area contributed by atoms with Gasteiger partial charge in [0.15, 0.2) is 5.69 Å². The van der Waals surface area contributed by atoms with Crippen molar-refractivity contribution in [3.05, 3.63) is 17.6 Å². The number of carbonyl (C=O) groups is 1. The summed E-state index contributed by atoms with van der Waals surface area (Å²) in [7, 11) is 0. The molecule has 1 heterocycles. The molecule has 5 nitrogen and oxygen atoms in total. The van der Waals surface area contributed by atoms with Crippen LogP contribution < -0.4 is 5.32 Å². The molecule has 0 radical (unpaired) electrons. The molecule has 0 atom stereocenters. The lowest BCUT2D eigenvalue weighted by Gasteiger charge is -2.13. The number of carboxylic acids is 1. The summed E-state index contributed by atoms with van der Waals surface area (Å²) in [4.78, 5) is 18.9. The highest BCUT2D eigenvalue weighted by Gasteiger charge is 2.16. The third-order valence-corrected chi connectivity index (χ3v) is 2.76. The Bertz CT molecular complexity index is 400. The van der Waals surface area contributed by atoms with E-state index in [1.165, 1.54) is 18.9 Å². The van der Waals surface area contributed by atoms with Gasteiger partial charge in [-0.3, -0.25) is 0 Å². The fraction of sp³-hybridized carbons (Fsp3) is 0.545. The highest BCUT2D eigenvalue weighted by Crippen LogP contribution is 2.21. The van der Waals surface area contributed by atoms with Gasteiger partial charge in [0.1, 0.15) is 11.6 Å². The van der Waals surface area contributed by atoms with E-state index in [0.29, 0.717) is 17.7 Å². The van der Waals surface area contributed by atoms with Gasteiger partial charge in [-0.1, -0.05) is 12.8 Å². The smallest absolute Gasteiger partial charge is 0.354 e. The summed E-state index contributed by atoms with van der Waals surface area (Å²) in [6.07, 6.45) is 4.72. The average molecular weight is 221 g/mol. The summed E-state index contributed by atoms with van der Waals surface area (Å²) in [5, 5.41) is 12.1. The molecule has 2 rings (SSSR count). The van der Waals surface area contributed by atoms with Crippen LogP contribution >= 0.6 is 0 Å². The number of nitrogens with zero attached hydrogens (tertiary/aromatic N) is 2. The molecule has 0 amide bonds. The maximum atomic E-state index is 10.8. The molecule has 0 aromatic carbocycles. The van der Waals surface area contributed by atoms with E-state index in [2.05, 4.69) is 15.3 Å². The summed E-state index contributed by atoms with van der Waals surface area (Å²) in [5.74, 6) is 0.0946. The van der Waals surface area contributed by atoms with Crippen molar-refractivity contribution in [1.82, 2.24) is 9.97 Å². The lowest BCUT2D eigenvalue weighted by Crippen LogP contribution is -2.17. The van der Waals surface area contributed by atoms with Gasteiger partial charge in [0.2, 0.25) is 0 Å². The summed E-state index contributed by atoms with van der Waals surface area (Å²) < 4.78 is 0. The molecular weight excluding hydrogens is 206 g/mol. The van der Waals surface area contributed by atoms with Gasteiger partial charge in [0, 0.05) is 12.1 Å². The number of anilines is 1. The normalized spacial score (nSPS) is 16.3. The number of aromatic carboxylic acids is 1. The first-order valence-electron chi connectivity index (χ1n) is 5.50. The standard InChI is InChI=1S/C11H15N3O2/c1-7-12-9(11(15)16)6-10(13-7)14-8-4-2-3-5-8/h6,8H,2-5H2,1H3,(H,15,16)(H,12,13,14). The van der Waals surface area contributed by atoms with E-state index >= 15 is 0 Å². The molecule has 86 valence electrons. The van der Waals surface area contributed by atoms with Crippen molar-refractivity contribution in [1.29, 1.82) is 0 Å². The Labute approximate surface area is 93.9 Å². The number of aryl methyl sites for hydroxylation is 1. The van der Waals surface area contributed by atoms with Gasteiger partial charge in [0.25, 0.3) is 0 Å². The Morgan fingerprint density at radius 1 is 1.44 bits per heavy atom. The first kappa shape index (κ1) is 10.9. The summed E-state index contributed by atoms with van der Waals surface area (Å²) in [6, 6.07) is 1.92. The lowest BCUT2D eigenvalue weighted by molar-refractivity contribution is 0.0690. The molecule has 1 aromatic heterocycles. The summed E-state index contributed by atoms with van der Waals surface area (Å²) in [6.45, 7) is 1.70. The first-order chi connectivity index (χ1) is 7.65. The van der Waals surface area contributed by atoms with E-state index < -0.39 is 5.97 Å². The van der Waals surface area contributed by atoms with Crippen LogP contribution in [0.4, 0.5) is 5.82 Å². The highest BCUT2D eigenvalue weighted by atomic mass is 16.4. The van der Waals surface area contributed by atoms with Gasteiger partial charge in [-0.15, -0.1) is 0 Å². The van der Waals surface area contributed by atoms with Crippen molar-refractivity contribution < 1.29 is 9.90 Å². The molecule has 0 unspecified atom stereocenters. The van der Waals surface area contributed by atoms with Gasteiger partial charge in [-0.05, 0) is 19.8 Å². The lowest BCUT2D eigenvalue weighted by atomic mass is 10.2. The minimum atomic E-state index is -1.01. The topological polar surface area (TPSA) is 75.1 Å². The molecule has 1 saturated carbocycles. The van der Waals surface area contributed by atoms with E-state index in [0.717, 1.165) is 12.8 Å². The maximum Gasteiger partial charge on any atom is 0.354 e. The first-order valence-corrected chi connectivity index (χ1v) is 5.50. The zero-order chi connectivity index (χ0) is 11.5. The minimum absolute atomic E-state index is 0.0491. The van der Waals surface area contributed by atoms with Gasteiger partial charge in [-0.25, -0.2) is 14.8 Å². The van der Waals surface area contributed by atoms with Gasteiger partial charge in [-0.2, -0.15) is 0 Å². The van der Waals surface area contributed by atoms with Crippen LogP contribution in [0.1, 0.15) is 42.0 Å². The zero-order valence-electron chi connectivity index (χ0n) is 9.23. The van der Waals surface area contributed by atoms with Crippen molar-refractivity contribution in [3.8, 4) is 0 Å². The molecule has 0 saturated heterocycles. The van der Waals surface area contributed by atoms with E-state index in [1.807, 2.05) is 0 Å². The predicted molar refractivity (Wildman–Crippen MR) is 59.6 cm³/mol. The fourth-order valence-electron chi connectivity index (χ4n) is 2.03. The van der Waals surface area contributed by atoms with Crippen LogP contribution in [0.3, 0.4) is 0 Å². The molecular formula is C11H15N3O2. The largest absolute Gasteiger partial charge is 0.477 e. The van der Waals surface area contributed by atoms with E-state index in [1.54, 1.807) is 6.92 Å². The van der Waals surface area contributed by atoms with Crippen LogP contribution in [0.25, 0.3) is 0 Å². The molecule has 1 aliphatic rings. The Hall–Kier alpha value is -1.65. The number of hydrogen-bond acceptors (Lipinski definition) is 4. The molecule has 0 aliphatic heterocycles. The Kier molecular flexibility index (Phi) is 3.03. The molecule has 16 heavy (non-hydrogen) atoms. The Morgan fingerprint density at radius 2 is 2.12 bits per heavy atom. The van der Waals surface area contributed by atoms with Crippen molar-refractivity contribution in [2.75, 3.05) is 5.32 Å². The molecule has 1 aliphatic carbocycles. The second-order valence-electron chi connectivity index (χ2n) is 4.12. The summed E-state index contributed by atoms with van der Waals surface area (Å²) >= 11 is 0. The van der Waals surface area contributed by atoms with Crippen LogP contribution in [-0.2, 0) is 0 Å². The monoisotopic (exact) mass is 221 g/mol. The number of rotatable bonds is 3. The van der Waals surface area contributed by atoms with Gasteiger partial charge in [0.05, 0.1) is 0 Å². The molecule has 0 spiro atoms. The van der Waals surface area contributed by atoms with Crippen LogP contribution in [0.5, 0.6) is 0 Å². The minimum Gasteiger partial charge on any atom is -0.477 e. The second kappa shape index (κ2) is 4.47. The second-order valence-corrected chi connectivity index (χ2v) is 4.12. The zero-order valence-corrected chi connectivity index (χ0v) is 9.23. The number of nitrogens with one attached hydrogen (secondary N) is 1. The molecule has 2 N–H and O–H groups in total. The van der Waals surface area contributed by atoms with Crippen LogP contribution in [-0.4, -0.2) is 27.1 Å². The average Bonchev–Trinajstić information content (AvgIpc) is 2.69. The van der Waals surface area contributed by atoms with E-state index in [9.17, 15) is 4.79 Å². The third kappa shape index (κ3) is 2.48. The highest BCUT2D eigenvalue weighted by molar-refractivity contribution is 5.86. The SMILES string of the molecule is Cc1nc(NC2CCCC2)cc(C(=O)O)n1. The Balaban J connectivity index is 2.16. The maximum absolute atomic E-state index is 10.8. The predicted octanol–water partition coefficient (Wildman–Crippen LogP) is 1.84. The quantitative estimate of drug-likeness (QED) is 0.814. The Morgan fingerprint density at radius 3 is 2.75 bits per heavy atom. The third-order valence-electron chi connectivity index (χ3n) is 2.76. The van der Waals surface area contributed by atoms with Crippen LogP contribution in [0, 0.1) is 6.92 Å². The molecule has 0 bridgehead atoms.